The van der Waals surface area contributed by atoms with E-state index in [0.29, 0.717) is 37.8 Å². The Morgan fingerprint density at radius 3 is 2.38 bits per heavy atom. The Hall–Kier alpha value is -3.10. The Morgan fingerprint density at radius 1 is 0.973 bits per heavy atom. The van der Waals surface area contributed by atoms with Gasteiger partial charge in [-0.1, -0.05) is 43.5 Å². The molecule has 8 nitrogen and oxygen atoms in total. The molecule has 1 saturated carbocycles. The quantitative estimate of drug-likeness (QED) is 0.505. The molecular weight excluding hydrogens is 470 g/mol. The Labute approximate surface area is 219 Å². The van der Waals surface area contributed by atoms with Crippen LogP contribution >= 0.6 is 0 Å². The molecule has 1 saturated heterocycles. The van der Waals surface area contributed by atoms with Gasteiger partial charge in [-0.15, -0.1) is 0 Å². The third-order valence-electron chi connectivity index (χ3n) is 7.31. The second-order valence-electron chi connectivity index (χ2n) is 9.84. The SMILES string of the molecule is COC(=O)c1ccc(CO[C@H](CN2CCN(C(=O)NC3CCCCC3)CC2)c2cccc(OC)c2)cc1. The van der Waals surface area contributed by atoms with E-state index in [9.17, 15) is 9.59 Å². The standard InChI is InChI=1S/C29H39N3O5/c1-35-26-10-6-7-24(19-26)27(37-21-22-11-13-23(14-12-22)28(33)36-2)20-31-15-17-32(18-16-31)29(34)30-25-8-4-3-5-9-25/h6-7,10-14,19,25,27H,3-5,8-9,15-18,20-21H2,1-2H3,(H,30,34)/t27-/m1/s1. The van der Waals surface area contributed by atoms with Gasteiger partial charge in [-0.25, -0.2) is 9.59 Å². The lowest BCUT2D eigenvalue weighted by Crippen LogP contribution is -2.54. The van der Waals surface area contributed by atoms with Crippen LogP contribution in [-0.2, 0) is 16.1 Å². The Bertz CT molecular complexity index is 1010. The van der Waals surface area contributed by atoms with Crippen molar-refractivity contribution in [2.75, 3.05) is 46.9 Å². The highest BCUT2D eigenvalue weighted by atomic mass is 16.5. The Balaban J connectivity index is 1.35. The number of amides is 2. The predicted molar refractivity (Wildman–Crippen MR) is 142 cm³/mol. The summed E-state index contributed by atoms with van der Waals surface area (Å²) in [4.78, 5) is 28.8. The van der Waals surface area contributed by atoms with E-state index in [4.69, 9.17) is 14.2 Å². The van der Waals surface area contributed by atoms with Gasteiger partial charge in [0, 0.05) is 38.8 Å². The van der Waals surface area contributed by atoms with E-state index < -0.39 is 0 Å². The van der Waals surface area contributed by atoms with Crippen LogP contribution in [0.15, 0.2) is 48.5 Å². The highest BCUT2D eigenvalue weighted by Crippen LogP contribution is 2.25. The molecule has 4 rings (SSSR count). The number of esters is 1. The molecule has 0 aromatic heterocycles. The number of ether oxygens (including phenoxy) is 3. The molecule has 2 aromatic rings. The molecule has 0 spiro atoms. The van der Waals surface area contributed by atoms with Gasteiger partial charge < -0.3 is 24.4 Å². The number of nitrogens with one attached hydrogen (secondary N) is 1. The average molecular weight is 510 g/mol. The highest BCUT2D eigenvalue weighted by molar-refractivity contribution is 5.89. The fourth-order valence-corrected chi connectivity index (χ4v) is 5.03. The van der Waals surface area contributed by atoms with Crippen LogP contribution in [0.3, 0.4) is 0 Å². The van der Waals surface area contributed by atoms with Crippen LogP contribution in [0.4, 0.5) is 4.79 Å². The number of methoxy groups -OCH3 is 2. The van der Waals surface area contributed by atoms with Gasteiger partial charge in [0.1, 0.15) is 5.75 Å². The van der Waals surface area contributed by atoms with Crippen molar-refractivity contribution in [3.63, 3.8) is 0 Å². The number of hydrogen-bond acceptors (Lipinski definition) is 6. The lowest BCUT2D eigenvalue weighted by Gasteiger charge is -2.37. The van der Waals surface area contributed by atoms with Crippen LogP contribution in [0, 0.1) is 0 Å². The average Bonchev–Trinajstić information content (AvgIpc) is 2.96. The monoisotopic (exact) mass is 509 g/mol. The van der Waals surface area contributed by atoms with Gasteiger partial charge >= 0.3 is 12.0 Å². The zero-order valence-corrected chi connectivity index (χ0v) is 22.0. The van der Waals surface area contributed by atoms with Gasteiger partial charge in [0.2, 0.25) is 0 Å². The van der Waals surface area contributed by atoms with Crippen LogP contribution < -0.4 is 10.1 Å². The van der Waals surface area contributed by atoms with Gasteiger partial charge in [0.15, 0.2) is 0 Å². The van der Waals surface area contributed by atoms with Crippen LogP contribution in [0.25, 0.3) is 0 Å². The summed E-state index contributed by atoms with van der Waals surface area (Å²) < 4.78 is 16.6. The zero-order chi connectivity index (χ0) is 26.0. The second kappa shape index (κ2) is 13.4. The van der Waals surface area contributed by atoms with E-state index in [2.05, 4.69) is 16.3 Å². The number of nitrogens with zero attached hydrogens (tertiary/aromatic N) is 2. The van der Waals surface area contributed by atoms with Crippen molar-refractivity contribution in [2.24, 2.45) is 0 Å². The topological polar surface area (TPSA) is 80.3 Å². The minimum absolute atomic E-state index is 0.0718. The second-order valence-corrected chi connectivity index (χ2v) is 9.84. The lowest BCUT2D eigenvalue weighted by molar-refractivity contribution is 0.00535. The number of hydrogen-bond donors (Lipinski definition) is 1. The summed E-state index contributed by atoms with van der Waals surface area (Å²) in [6, 6.07) is 15.6. The smallest absolute Gasteiger partial charge is 0.337 e. The molecule has 1 N–H and O–H groups in total. The first-order chi connectivity index (χ1) is 18.1. The van der Waals surface area contributed by atoms with Crippen LogP contribution in [-0.4, -0.2) is 74.8 Å². The van der Waals surface area contributed by atoms with Crippen LogP contribution in [0.1, 0.15) is 59.7 Å². The van der Waals surface area contributed by atoms with Gasteiger partial charge in [0.05, 0.1) is 32.5 Å². The van der Waals surface area contributed by atoms with Gasteiger partial charge in [-0.3, -0.25) is 4.90 Å². The van der Waals surface area contributed by atoms with E-state index in [0.717, 1.165) is 42.8 Å². The summed E-state index contributed by atoms with van der Waals surface area (Å²) in [5.74, 6) is 0.436. The van der Waals surface area contributed by atoms with Crippen LogP contribution in [0.2, 0.25) is 0 Å². The summed E-state index contributed by atoms with van der Waals surface area (Å²) in [5.41, 5.74) is 2.54. The molecule has 1 atom stereocenters. The number of rotatable bonds is 9. The van der Waals surface area contributed by atoms with Crippen molar-refractivity contribution in [3.05, 3.63) is 65.2 Å². The maximum absolute atomic E-state index is 12.8. The van der Waals surface area contributed by atoms with E-state index in [1.54, 1.807) is 19.2 Å². The van der Waals surface area contributed by atoms with Crippen molar-refractivity contribution in [3.8, 4) is 5.75 Å². The van der Waals surface area contributed by atoms with E-state index in [-0.39, 0.29) is 18.1 Å². The molecule has 2 fully saturated rings. The number of urea groups is 1. The first-order valence-corrected chi connectivity index (χ1v) is 13.3. The third-order valence-corrected chi connectivity index (χ3v) is 7.31. The third kappa shape index (κ3) is 7.69. The number of carbonyl (C=O) groups is 2. The largest absolute Gasteiger partial charge is 0.497 e. The molecule has 1 heterocycles. The summed E-state index contributed by atoms with van der Waals surface area (Å²) in [5, 5.41) is 3.24. The van der Waals surface area contributed by atoms with Crippen molar-refractivity contribution < 1.29 is 23.8 Å². The summed E-state index contributed by atoms with van der Waals surface area (Å²) in [7, 11) is 3.04. The normalized spacial score (nSPS) is 17.7. The van der Waals surface area contributed by atoms with Crippen molar-refractivity contribution in [1.29, 1.82) is 0 Å². The Morgan fingerprint density at radius 2 is 1.70 bits per heavy atom. The maximum Gasteiger partial charge on any atom is 0.337 e. The van der Waals surface area contributed by atoms with Gasteiger partial charge in [-0.05, 0) is 48.2 Å². The van der Waals surface area contributed by atoms with E-state index in [1.807, 2.05) is 35.2 Å². The summed E-state index contributed by atoms with van der Waals surface area (Å²) in [6.45, 7) is 4.14. The molecule has 0 unspecified atom stereocenters. The molecule has 2 aliphatic rings. The van der Waals surface area contributed by atoms with E-state index >= 15 is 0 Å². The number of benzene rings is 2. The maximum atomic E-state index is 12.8. The van der Waals surface area contributed by atoms with Gasteiger partial charge in [0.25, 0.3) is 0 Å². The molecule has 200 valence electrons. The van der Waals surface area contributed by atoms with Crippen molar-refractivity contribution in [1.82, 2.24) is 15.1 Å². The highest BCUT2D eigenvalue weighted by Gasteiger charge is 2.26. The minimum atomic E-state index is -0.353. The lowest BCUT2D eigenvalue weighted by atomic mass is 9.96. The van der Waals surface area contributed by atoms with Crippen molar-refractivity contribution >= 4 is 12.0 Å². The van der Waals surface area contributed by atoms with E-state index in [1.165, 1.54) is 26.4 Å². The number of piperazine rings is 1. The molecule has 37 heavy (non-hydrogen) atoms. The molecule has 0 radical (unpaired) electrons. The van der Waals surface area contributed by atoms with Crippen molar-refractivity contribution in [2.45, 2.75) is 50.9 Å². The fraction of sp³-hybridized carbons (Fsp3) is 0.517. The Kier molecular flexibility index (Phi) is 9.79. The summed E-state index contributed by atoms with van der Waals surface area (Å²) in [6.07, 6.45) is 5.71. The molecule has 2 aromatic carbocycles. The minimum Gasteiger partial charge on any atom is -0.497 e. The molecule has 2 amide bonds. The molecule has 0 bridgehead atoms. The molecular formula is C29H39N3O5. The fourth-order valence-electron chi connectivity index (χ4n) is 5.03. The molecule has 8 heteroatoms. The first-order valence-electron chi connectivity index (χ1n) is 13.3. The molecule has 1 aliphatic heterocycles. The summed E-state index contributed by atoms with van der Waals surface area (Å²) >= 11 is 0. The molecule has 1 aliphatic carbocycles. The number of carbonyl (C=O) groups excluding carboxylic acids is 2. The van der Waals surface area contributed by atoms with Crippen LogP contribution in [0.5, 0.6) is 5.75 Å². The zero-order valence-electron chi connectivity index (χ0n) is 22.0. The van der Waals surface area contributed by atoms with Gasteiger partial charge in [-0.2, -0.15) is 0 Å². The predicted octanol–water partition coefficient (Wildman–Crippen LogP) is 4.40. The first kappa shape index (κ1) is 26.9.